The molecule has 0 aliphatic rings. The number of H-pyrrole nitrogens is 1. The van der Waals surface area contributed by atoms with Crippen LogP contribution >= 0.6 is 0 Å². The normalized spacial score (nSPS) is 13.6. The first-order valence-corrected chi connectivity index (χ1v) is 11.4. The minimum Gasteiger partial charge on any atom is -0.250 e. The van der Waals surface area contributed by atoms with Gasteiger partial charge in [0.25, 0.3) is 0 Å². The summed E-state index contributed by atoms with van der Waals surface area (Å²) in [5.41, 5.74) is 1.47. The molecule has 2 rings (SSSR count). The molecule has 0 saturated carbocycles. The Morgan fingerprint density at radius 3 is 2.07 bits per heavy atom. The van der Waals surface area contributed by atoms with Crippen molar-refractivity contribution < 1.29 is 4.57 Å². The number of imidazole rings is 1. The Kier molecular flexibility index (Phi) is 10.9. The Labute approximate surface area is 167 Å². The third kappa shape index (κ3) is 8.77. The molecule has 2 unspecified atom stereocenters. The van der Waals surface area contributed by atoms with Gasteiger partial charge in [-0.1, -0.05) is 101 Å². The van der Waals surface area contributed by atoms with Crippen LogP contribution in [0.1, 0.15) is 96.1 Å². The molecular weight excluding hydrogens is 328 g/mol. The molecule has 1 heterocycles. The predicted molar refractivity (Wildman–Crippen MR) is 116 cm³/mol. The van der Waals surface area contributed by atoms with Crippen molar-refractivity contribution in [2.75, 3.05) is 0 Å². The Balaban J connectivity index is 1.69. The van der Waals surface area contributed by atoms with E-state index in [1.54, 1.807) is 0 Å². The minimum absolute atomic E-state index is 0.537. The Hall–Kier alpha value is -1.57. The highest BCUT2D eigenvalue weighted by Crippen LogP contribution is 2.24. The molecule has 0 amide bonds. The van der Waals surface area contributed by atoms with Crippen molar-refractivity contribution in [2.45, 2.75) is 96.9 Å². The summed E-state index contributed by atoms with van der Waals surface area (Å²) in [4.78, 5) is 3.20. The van der Waals surface area contributed by atoms with E-state index in [2.05, 4.69) is 66.3 Å². The summed E-state index contributed by atoms with van der Waals surface area (Å²) in [5.74, 6) is 0.697. The van der Waals surface area contributed by atoms with Crippen LogP contribution in [0.25, 0.3) is 0 Å². The van der Waals surface area contributed by atoms with Gasteiger partial charge in [-0.05, 0) is 25.3 Å². The van der Waals surface area contributed by atoms with Crippen molar-refractivity contribution in [1.82, 2.24) is 4.98 Å². The lowest BCUT2D eigenvalue weighted by Crippen LogP contribution is -2.40. The smallest absolute Gasteiger partial charge is 0.241 e. The van der Waals surface area contributed by atoms with Gasteiger partial charge in [-0.2, -0.15) is 0 Å². The van der Waals surface area contributed by atoms with Crippen molar-refractivity contribution in [3.63, 3.8) is 0 Å². The van der Waals surface area contributed by atoms with Gasteiger partial charge >= 0.3 is 0 Å². The molecule has 150 valence electrons. The molecule has 1 aromatic carbocycles. The number of nitrogens with one attached hydrogen (secondary N) is 1. The van der Waals surface area contributed by atoms with Gasteiger partial charge in [0.1, 0.15) is 18.4 Å². The van der Waals surface area contributed by atoms with Crippen LogP contribution in [0.4, 0.5) is 0 Å². The zero-order valence-electron chi connectivity index (χ0n) is 17.7. The first-order chi connectivity index (χ1) is 13.3. The van der Waals surface area contributed by atoms with Crippen LogP contribution < -0.4 is 4.57 Å². The van der Waals surface area contributed by atoms with Gasteiger partial charge in [-0.15, -0.1) is 0 Å². The fraction of sp³-hybridized carbons (Fsp3) is 0.640. The monoisotopic (exact) mass is 369 g/mol. The highest BCUT2D eigenvalue weighted by molar-refractivity contribution is 5.15. The number of nitrogens with zero attached hydrogens (tertiary/aromatic N) is 1. The molecule has 0 radical (unpaired) electrons. The van der Waals surface area contributed by atoms with Crippen molar-refractivity contribution in [2.24, 2.45) is 5.92 Å². The second kappa shape index (κ2) is 13.6. The second-order valence-electron chi connectivity index (χ2n) is 8.22. The predicted octanol–water partition coefficient (Wildman–Crippen LogP) is 7.03. The molecule has 2 nitrogen and oxygen atoms in total. The Bertz CT molecular complexity index is 561. The van der Waals surface area contributed by atoms with Gasteiger partial charge in [0.2, 0.25) is 6.33 Å². The average molecular weight is 370 g/mol. The largest absolute Gasteiger partial charge is 0.250 e. The molecule has 0 saturated heterocycles. The minimum atomic E-state index is 0.537. The van der Waals surface area contributed by atoms with Crippen LogP contribution in [0.3, 0.4) is 0 Å². The number of hydrogen-bond donors (Lipinski definition) is 1. The number of hydrogen-bond acceptors (Lipinski definition) is 0. The molecule has 0 aliphatic carbocycles. The van der Waals surface area contributed by atoms with E-state index in [0.29, 0.717) is 12.0 Å². The van der Waals surface area contributed by atoms with Crippen molar-refractivity contribution in [1.29, 1.82) is 0 Å². The van der Waals surface area contributed by atoms with E-state index < -0.39 is 0 Å². The zero-order valence-corrected chi connectivity index (χ0v) is 17.7. The topological polar surface area (TPSA) is 19.7 Å². The van der Waals surface area contributed by atoms with E-state index in [-0.39, 0.29) is 0 Å². The van der Waals surface area contributed by atoms with Crippen LogP contribution in [0.5, 0.6) is 0 Å². The maximum Gasteiger partial charge on any atom is 0.241 e. The summed E-state index contributed by atoms with van der Waals surface area (Å²) in [6.07, 6.45) is 22.9. The molecule has 0 bridgehead atoms. The molecule has 1 N–H and O–H groups in total. The second-order valence-corrected chi connectivity index (χ2v) is 8.22. The Morgan fingerprint density at radius 2 is 1.48 bits per heavy atom. The first-order valence-electron chi connectivity index (χ1n) is 11.4. The standard InChI is InChI=1S/C25H40N2/c1-3-4-5-6-7-8-9-10-11-15-18-25(21-24-16-13-12-14-17-24)23(2)27-20-19-26-22-27/h12-14,16-17,19-20,22-23,25H,3-11,15,18,21H2,1-2H3/p+1. The molecule has 27 heavy (non-hydrogen) atoms. The number of aromatic amines is 1. The molecule has 2 atom stereocenters. The van der Waals surface area contributed by atoms with Gasteiger partial charge in [0.05, 0.1) is 0 Å². The van der Waals surface area contributed by atoms with Crippen molar-refractivity contribution >= 4 is 0 Å². The summed E-state index contributed by atoms with van der Waals surface area (Å²) in [6.45, 7) is 4.66. The number of benzene rings is 1. The molecule has 2 heteroatoms. The summed E-state index contributed by atoms with van der Waals surface area (Å²) in [7, 11) is 0. The SMILES string of the molecule is CCCCCCCCCCCCC(Cc1ccccc1)C(C)[n+]1cc[nH]c1. The third-order valence-corrected chi connectivity index (χ3v) is 5.99. The van der Waals surface area contributed by atoms with E-state index in [1.165, 1.54) is 82.6 Å². The molecule has 0 fully saturated rings. The lowest BCUT2D eigenvalue weighted by atomic mass is 9.88. The van der Waals surface area contributed by atoms with Crippen LogP contribution in [0.15, 0.2) is 49.1 Å². The molecule has 0 spiro atoms. The molecule has 2 aromatic rings. The fourth-order valence-corrected chi connectivity index (χ4v) is 4.12. The van der Waals surface area contributed by atoms with Gasteiger partial charge in [-0.25, -0.2) is 4.57 Å². The Morgan fingerprint density at radius 1 is 0.852 bits per heavy atom. The maximum absolute atomic E-state index is 3.20. The lowest BCUT2D eigenvalue weighted by molar-refractivity contribution is -0.725. The summed E-state index contributed by atoms with van der Waals surface area (Å²) >= 11 is 0. The quantitative estimate of drug-likeness (QED) is 0.257. The number of aromatic nitrogens is 2. The molecule has 0 aliphatic heterocycles. The lowest BCUT2D eigenvalue weighted by Gasteiger charge is -2.22. The van der Waals surface area contributed by atoms with E-state index in [1.807, 2.05) is 6.20 Å². The molecular formula is C25H41N2+. The van der Waals surface area contributed by atoms with Crippen LogP contribution in [-0.2, 0) is 6.42 Å². The van der Waals surface area contributed by atoms with Gasteiger partial charge in [0.15, 0.2) is 0 Å². The van der Waals surface area contributed by atoms with Crippen molar-refractivity contribution in [3.05, 3.63) is 54.6 Å². The molecule has 1 aromatic heterocycles. The van der Waals surface area contributed by atoms with Gasteiger partial charge < -0.3 is 0 Å². The van der Waals surface area contributed by atoms with Crippen LogP contribution in [0, 0.1) is 5.92 Å². The maximum atomic E-state index is 3.20. The van der Waals surface area contributed by atoms with E-state index in [0.717, 1.165) is 0 Å². The zero-order chi connectivity index (χ0) is 19.2. The fourth-order valence-electron chi connectivity index (χ4n) is 4.12. The van der Waals surface area contributed by atoms with E-state index in [4.69, 9.17) is 0 Å². The van der Waals surface area contributed by atoms with Gasteiger partial charge in [-0.3, -0.25) is 4.98 Å². The van der Waals surface area contributed by atoms with E-state index >= 15 is 0 Å². The average Bonchev–Trinajstić information content (AvgIpc) is 3.23. The summed E-state index contributed by atoms with van der Waals surface area (Å²) in [5, 5.41) is 0. The summed E-state index contributed by atoms with van der Waals surface area (Å²) in [6, 6.07) is 11.5. The highest BCUT2D eigenvalue weighted by Gasteiger charge is 2.22. The highest BCUT2D eigenvalue weighted by atomic mass is 15.0. The van der Waals surface area contributed by atoms with Gasteiger partial charge in [0, 0.05) is 5.92 Å². The number of rotatable bonds is 15. The van der Waals surface area contributed by atoms with Crippen LogP contribution in [-0.4, -0.2) is 4.98 Å². The summed E-state index contributed by atoms with van der Waals surface area (Å²) < 4.78 is 2.34. The van der Waals surface area contributed by atoms with Crippen LogP contribution in [0.2, 0.25) is 0 Å². The number of unbranched alkanes of at least 4 members (excludes halogenated alkanes) is 9. The van der Waals surface area contributed by atoms with Crippen molar-refractivity contribution in [3.8, 4) is 0 Å². The first kappa shape index (κ1) is 21.7. The van der Waals surface area contributed by atoms with E-state index in [9.17, 15) is 0 Å². The third-order valence-electron chi connectivity index (χ3n) is 5.99.